The van der Waals surface area contributed by atoms with Crippen molar-refractivity contribution in [3.05, 3.63) is 36.5 Å². The maximum absolute atomic E-state index is 11.2. The first-order chi connectivity index (χ1) is 8.59. The maximum atomic E-state index is 11.2. The van der Waals surface area contributed by atoms with Gasteiger partial charge >= 0.3 is 0 Å². The molecule has 0 radical (unpaired) electrons. The summed E-state index contributed by atoms with van der Waals surface area (Å²) in [5, 5.41) is 0. The predicted molar refractivity (Wildman–Crippen MR) is 60.9 cm³/mol. The van der Waals surface area contributed by atoms with Crippen molar-refractivity contribution in [1.29, 1.82) is 0 Å². The molecule has 2 aliphatic heterocycles. The Morgan fingerprint density at radius 2 is 0.944 bits per heavy atom. The van der Waals surface area contributed by atoms with Gasteiger partial charge in [-0.2, -0.15) is 0 Å². The van der Waals surface area contributed by atoms with Crippen LogP contribution in [0.5, 0.6) is 0 Å². The molecule has 0 N–H and O–H groups in total. The van der Waals surface area contributed by atoms with Crippen LogP contribution in [0.25, 0.3) is 0 Å². The lowest BCUT2D eigenvalue weighted by Gasteiger charge is -2.12. The zero-order valence-electron chi connectivity index (χ0n) is 9.41. The van der Waals surface area contributed by atoms with Crippen molar-refractivity contribution >= 4 is 23.6 Å². The number of amides is 4. The van der Waals surface area contributed by atoms with Crippen molar-refractivity contribution in [2.24, 2.45) is 0 Å². The minimum Gasteiger partial charge on any atom is -0.272 e. The van der Waals surface area contributed by atoms with Gasteiger partial charge in [0.05, 0.1) is 0 Å². The Morgan fingerprint density at radius 3 is 1.22 bits per heavy atom. The number of carbonyl (C=O) groups is 4. The van der Waals surface area contributed by atoms with Crippen LogP contribution >= 0.6 is 0 Å². The lowest BCUT2D eigenvalue weighted by atomic mass is 10.4. The lowest BCUT2D eigenvalue weighted by Crippen LogP contribution is -2.31. The Bertz CT molecular complexity index is 434. The number of rotatable bonds is 4. The Labute approximate surface area is 103 Å². The highest BCUT2D eigenvalue weighted by atomic mass is 16.2. The molecule has 18 heavy (non-hydrogen) atoms. The maximum Gasteiger partial charge on any atom is 0.253 e. The number of imide groups is 2. The quantitative estimate of drug-likeness (QED) is 0.490. The Morgan fingerprint density at radius 1 is 0.667 bits per heavy atom. The molecular formula is C12H10N2O4. The molecule has 0 saturated carbocycles. The second kappa shape index (κ2) is 4.79. The van der Waals surface area contributed by atoms with Crippen molar-refractivity contribution in [1.82, 2.24) is 9.80 Å². The van der Waals surface area contributed by atoms with Crippen molar-refractivity contribution in [3.63, 3.8) is 0 Å². The molecule has 0 fully saturated rings. The molecule has 2 heterocycles. The zero-order chi connectivity index (χ0) is 13.1. The standard InChI is InChI=1S/C12H10N2O4/c15-9-3-4-10(16)13(9)7-1-2-8-14-11(17)5-6-12(14)18/h1-6H,7-8H2. The van der Waals surface area contributed by atoms with E-state index < -0.39 is 0 Å². The molecule has 0 aliphatic carbocycles. The van der Waals surface area contributed by atoms with E-state index in [-0.39, 0.29) is 36.7 Å². The van der Waals surface area contributed by atoms with Crippen LogP contribution in [0.4, 0.5) is 0 Å². The van der Waals surface area contributed by atoms with E-state index in [1.54, 1.807) is 12.2 Å². The normalized spacial score (nSPS) is 19.1. The largest absolute Gasteiger partial charge is 0.272 e. The van der Waals surface area contributed by atoms with Crippen LogP contribution in [0.1, 0.15) is 0 Å². The minimum absolute atomic E-state index is 0.133. The predicted octanol–water partition coefficient (Wildman–Crippen LogP) is -0.607. The third kappa shape index (κ3) is 2.27. The molecule has 0 aromatic carbocycles. The van der Waals surface area contributed by atoms with E-state index in [0.29, 0.717) is 0 Å². The van der Waals surface area contributed by atoms with Crippen LogP contribution in [0.2, 0.25) is 0 Å². The Kier molecular flexibility index (Phi) is 3.18. The first kappa shape index (κ1) is 12.0. The van der Waals surface area contributed by atoms with Crippen molar-refractivity contribution in [3.8, 4) is 0 Å². The Balaban J connectivity index is 1.83. The average Bonchev–Trinajstić information content (AvgIpc) is 2.82. The second-order valence-electron chi connectivity index (χ2n) is 3.71. The fraction of sp³-hybridized carbons (Fsp3) is 0.167. The van der Waals surface area contributed by atoms with E-state index in [1.165, 1.54) is 24.3 Å². The van der Waals surface area contributed by atoms with E-state index in [9.17, 15) is 19.2 Å². The third-order valence-corrected chi connectivity index (χ3v) is 2.54. The highest BCUT2D eigenvalue weighted by Gasteiger charge is 2.23. The van der Waals surface area contributed by atoms with Gasteiger partial charge in [-0.25, -0.2) is 0 Å². The minimum atomic E-state index is -0.361. The van der Waals surface area contributed by atoms with Gasteiger partial charge in [-0.1, -0.05) is 12.2 Å². The zero-order valence-corrected chi connectivity index (χ0v) is 9.41. The average molecular weight is 246 g/mol. The molecule has 0 saturated heterocycles. The smallest absolute Gasteiger partial charge is 0.253 e. The fourth-order valence-electron chi connectivity index (χ4n) is 1.58. The van der Waals surface area contributed by atoms with Gasteiger partial charge in [0.25, 0.3) is 23.6 Å². The summed E-state index contributed by atoms with van der Waals surface area (Å²) in [6, 6.07) is 0. The van der Waals surface area contributed by atoms with E-state index in [0.717, 1.165) is 9.80 Å². The summed E-state index contributed by atoms with van der Waals surface area (Å²) in [6.07, 6.45) is 7.95. The van der Waals surface area contributed by atoms with Gasteiger partial charge in [0, 0.05) is 37.4 Å². The first-order valence-electron chi connectivity index (χ1n) is 5.31. The summed E-state index contributed by atoms with van der Waals surface area (Å²) >= 11 is 0. The van der Waals surface area contributed by atoms with Gasteiger partial charge < -0.3 is 0 Å². The monoisotopic (exact) mass is 246 g/mol. The molecule has 4 amide bonds. The fourth-order valence-corrected chi connectivity index (χ4v) is 1.58. The summed E-state index contributed by atoms with van der Waals surface area (Å²) in [4.78, 5) is 46.9. The molecule has 92 valence electrons. The van der Waals surface area contributed by atoms with E-state index in [2.05, 4.69) is 0 Å². The highest BCUT2D eigenvalue weighted by molar-refractivity contribution is 6.13. The summed E-state index contributed by atoms with van der Waals surface area (Å²) in [5.41, 5.74) is 0. The molecule has 0 aromatic heterocycles. The molecule has 6 nitrogen and oxygen atoms in total. The van der Waals surface area contributed by atoms with E-state index in [4.69, 9.17) is 0 Å². The molecule has 6 heteroatoms. The van der Waals surface area contributed by atoms with Crippen LogP contribution in [0.15, 0.2) is 36.5 Å². The summed E-state index contributed by atoms with van der Waals surface area (Å²) in [7, 11) is 0. The number of hydrogen-bond acceptors (Lipinski definition) is 4. The van der Waals surface area contributed by atoms with Gasteiger partial charge in [0.15, 0.2) is 0 Å². The van der Waals surface area contributed by atoms with Crippen LogP contribution in [0, 0.1) is 0 Å². The van der Waals surface area contributed by atoms with Crippen LogP contribution in [-0.2, 0) is 19.2 Å². The number of carbonyl (C=O) groups excluding carboxylic acids is 4. The van der Waals surface area contributed by atoms with Gasteiger partial charge in [-0.15, -0.1) is 0 Å². The van der Waals surface area contributed by atoms with Gasteiger partial charge in [0.2, 0.25) is 0 Å². The van der Waals surface area contributed by atoms with Crippen LogP contribution in [-0.4, -0.2) is 46.5 Å². The number of nitrogens with zero attached hydrogens (tertiary/aromatic N) is 2. The Hall–Kier alpha value is -2.50. The van der Waals surface area contributed by atoms with E-state index >= 15 is 0 Å². The highest BCUT2D eigenvalue weighted by Crippen LogP contribution is 2.05. The van der Waals surface area contributed by atoms with Gasteiger partial charge in [0.1, 0.15) is 0 Å². The summed E-state index contributed by atoms with van der Waals surface area (Å²) in [6.45, 7) is 0.267. The number of hydrogen-bond donors (Lipinski definition) is 0. The van der Waals surface area contributed by atoms with Crippen molar-refractivity contribution in [2.45, 2.75) is 0 Å². The van der Waals surface area contributed by atoms with Crippen LogP contribution < -0.4 is 0 Å². The van der Waals surface area contributed by atoms with Crippen molar-refractivity contribution < 1.29 is 19.2 Å². The lowest BCUT2D eigenvalue weighted by molar-refractivity contribution is -0.137. The van der Waals surface area contributed by atoms with Gasteiger partial charge in [-0.3, -0.25) is 29.0 Å². The topological polar surface area (TPSA) is 74.8 Å². The molecular weight excluding hydrogens is 236 g/mol. The third-order valence-electron chi connectivity index (χ3n) is 2.54. The second-order valence-corrected chi connectivity index (χ2v) is 3.71. The molecule has 0 spiro atoms. The molecule has 0 aromatic rings. The molecule has 2 rings (SSSR count). The van der Waals surface area contributed by atoms with Crippen LogP contribution in [0.3, 0.4) is 0 Å². The summed E-state index contributed by atoms with van der Waals surface area (Å²) < 4.78 is 0. The van der Waals surface area contributed by atoms with Gasteiger partial charge in [-0.05, 0) is 0 Å². The van der Waals surface area contributed by atoms with Crippen molar-refractivity contribution in [2.75, 3.05) is 13.1 Å². The molecule has 0 bridgehead atoms. The summed E-state index contributed by atoms with van der Waals surface area (Å²) in [5.74, 6) is -1.45. The first-order valence-corrected chi connectivity index (χ1v) is 5.31. The SMILES string of the molecule is O=C1C=CC(=O)N1CC=CCN1C(=O)C=CC1=O. The molecule has 0 atom stereocenters. The van der Waals surface area contributed by atoms with E-state index in [1.807, 2.05) is 0 Å². The molecule has 0 unspecified atom stereocenters. The molecule has 2 aliphatic rings.